The molecule has 1 aromatic heterocycles. The summed E-state index contributed by atoms with van der Waals surface area (Å²) in [5, 5.41) is 0. The minimum atomic E-state index is 0.511. The average molecular weight is 283 g/mol. The number of pyridine rings is 1. The molecule has 0 saturated carbocycles. The van der Waals surface area contributed by atoms with Gasteiger partial charge in [-0.3, -0.25) is 4.98 Å². The number of para-hydroxylation sites is 1. The Balaban J connectivity index is 0.000000921. The van der Waals surface area contributed by atoms with Gasteiger partial charge in [-0.15, -0.1) is 0 Å². The molecule has 1 heterocycles. The summed E-state index contributed by atoms with van der Waals surface area (Å²) in [5.41, 5.74) is 3.72. The number of nitrogens with zero attached hydrogens (tertiary/aromatic N) is 1. The fourth-order valence-electron chi connectivity index (χ4n) is 1.74. The molecule has 0 aliphatic rings. The molecule has 2 radical (unpaired) electrons. The van der Waals surface area contributed by atoms with E-state index in [-0.39, 0.29) is 0 Å². The standard InChI is InChI=1S/C14H14BNO.2C2H6/c1-9-5-4-6-10(2)14(9)17-12-8-16-13(15)7-11(12)3;2*1-2/h4-8H,1-3H3;2*1-2H3. The number of aromatic nitrogens is 1. The van der Waals surface area contributed by atoms with Crippen molar-refractivity contribution in [2.75, 3.05) is 0 Å². The zero-order chi connectivity index (χ0) is 16.4. The molecule has 0 amide bonds. The molecule has 0 bridgehead atoms. The summed E-state index contributed by atoms with van der Waals surface area (Å²) in [5.74, 6) is 1.64. The molecule has 0 spiro atoms. The largest absolute Gasteiger partial charge is 0.455 e. The lowest BCUT2D eigenvalue weighted by molar-refractivity contribution is 0.469. The molecule has 0 unspecified atom stereocenters. The van der Waals surface area contributed by atoms with Crippen LogP contribution in [0.1, 0.15) is 44.4 Å². The third-order valence-corrected chi connectivity index (χ3v) is 2.70. The molecule has 0 atom stereocenters. The molecule has 1 aromatic carbocycles. The van der Waals surface area contributed by atoms with Crippen LogP contribution >= 0.6 is 0 Å². The molecule has 0 fully saturated rings. The summed E-state index contributed by atoms with van der Waals surface area (Å²) in [6.07, 6.45) is 1.66. The molecule has 2 aromatic rings. The van der Waals surface area contributed by atoms with E-state index >= 15 is 0 Å². The van der Waals surface area contributed by atoms with Crippen molar-refractivity contribution in [1.82, 2.24) is 4.98 Å². The van der Waals surface area contributed by atoms with Gasteiger partial charge in [-0.05, 0) is 49.1 Å². The van der Waals surface area contributed by atoms with E-state index in [1.54, 1.807) is 6.20 Å². The first-order chi connectivity index (χ1) is 10.1. The number of rotatable bonds is 2. The lowest BCUT2D eigenvalue weighted by Gasteiger charge is -2.13. The minimum absolute atomic E-state index is 0.511. The molecule has 2 rings (SSSR count). The lowest BCUT2D eigenvalue weighted by Crippen LogP contribution is -2.08. The van der Waals surface area contributed by atoms with Crippen molar-refractivity contribution < 1.29 is 4.74 Å². The van der Waals surface area contributed by atoms with Gasteiger partial charge < -0.3 is 4.74 Å². The van der Waals surface area contributed by atoms with E-state index in [4.69, 9.17) is 12.6 Å². The summed E-state index contributed by atoms with van der Waals surface area (Å²) >= 11 is 0. The number of hydrogen-bond acceptors (Lipinski definition) is 2. The van der Waals surface area contributed by atoms with E-state index < -0.39 is 0 Å². The maximum Gasteiger partial charge on any atom is 0.148 e. The van der Waals surface area contributed by atoms with Crippen LogP contribution in [0.5, 0.6) is 11.5 Å². The molecular weight excluding hydrogens is 257 g/mol. The molecule has 0 saturated heterocycles. The van der Waals surface area contributed by atoms with Gasteiger partial charge in [0.05, 0.1) is 6.20 Å². The van der Waals surface area contributed by atoms with Crippen LogP contribution in [-0.4, -0.2) is 12.8 Å². The van der Waals surface area contributed by atoms with Gasteiger partial charge in [0.2, 0.25) is 0 Å². The third-order valence-electron chi connectivity index (χ3n) is 2.70. The highest BCUT2D eigenvalue weighted by Crippen LogP contribution is 2.29. The van der Waals surface area contributed by atoms with Crippen LogP contribution in [-0.2, 0) is 0 Å². The fourth-order valence-corrected chi connectivity index (χ4v) is 1.74. The van der Waals surface area contributed by atoms with Crippen LogP contribution in [0, 0.1) is 20.8 Å². The van der Waals surface area contributed by atoms with Crippen LogP contribution in [0.25, 0.3) is 0 Å². The Bertz CT molecular complexity index is 533. The zero-order valence-corrected chi connectivity index (χ0v) is 14.3. The monoisotopic (exact) mass is 283 g/mol. The predicted octanol–water partition coefficient (Wildman–Crippen LogP) is 4.65. The molecule has 2 nitrogen and oxygen atoms in total. The van der Waals surface area contributed by atoms with E-state index in [9.17, 15) is 0 Å². The van der Waals surface area contributed by atoms with Gasteiger partial charge in [0, 0.05) is 0 Å². The van der Waals surface area contributed by atoms with Crippen molar-refractivity contribution in [3.05, 3.63) is 47.2 Å². The third kappa shape index (κ3) is 5.62. The SMILES string of the molecule is CC.CC.[B]c1cc(C)c(Oc2c(C)cccc2C)cn1. The molecular formula is C18H26BNO. The van der Waals surface area contributed by atoms with Crippen molar-refractivity contribution in [1.29, 1.82) is 0 Å². The van der Waals surface area contributed by atoms with Gasteiger partial charge in [0.1, 0.15) is 19.3 Å². The van der Waals surface area contributed by atoms with Crippen molar-refractivity contribution in [3.8, 4) is 11.5 Å². The lowest BCUT2D eigenvalue weighted by atomic mass is 10.0. The van der Waals surface area contributed by atoms with Gasteiger partial charge in [0.15, 0.2) is 0 Å². The Morgan fingerprint density at radius 2 is 1.43 bits per heavy atom. The topological polar surface area (TPSA) is 22.1 Å². The highest BCUT2D eigenvalue weighted by molar-refractivity contribution is 6.30. The first-order valence-electron chi connectivity index (χ1n) is 7.54. The maximum atomic E-state index is 5.91. The highest BCUT2D eigenvalue weighted by Gasteiger charge is 2.07. The van der Waals surface area contributed by atoms with Crippen molar-refractivity contribution in [3.63, 3.8) is 0 Å². The Kier molecular flexibility index (Phi) is 9.19. The van der Waals surface area contributed by atoms with Crippen molar-refractivity contribution >= 4 is 13.4 Å². The summed E-state index contributed by atoms with van der Waals surface area (Å²) in [6, 6.07) is 7.89. The van der Waals surface area contributed by atoms with Gasteiger partial charge in [-0.25, -0.2) is 0 Å². The molecule has 21 heavy (non-hydrogen) atoms. The van der Waals surface area contributed by atoms with E-state index in [1.807, 2.05) is 72.7 Å². The second-order valence-corrected chi connectivity index (χ2v) is 4.20. The smallest absolute Gasteiger partial charge is 0.148 e. The first kappa shape index (κ1) is 19.2. The number of benzene rings is 1. The van der Waals surface area contributed by atoms with E-state index in [0.717, 1.165) is 28.2 Å². The first-order valence-corrected chi connectivity index (χ1v) is 7.54. The van der Waals surface area contributed by atoms with Crippen LogP contribution in [0.3, 0.4) is 0 Å². The average Bonchev–Trinajstić information content (AvgIpc) is 2.49. The Labute approximate surface area is 131 Å². The number of ether oxygens (including phenoxy) is 1. The molecule has 112 valence electrons. The maximum absolute atomic E-state index is 5.91. The Morgan fingerprint density at radius 1 is 0.905 bits per heavy atom. The van der Waals surface area contributed by atoms with Crippen molar-refractivity contribution in [2.45, 2.75) is 48.5 Å². The van der Waals surface area contributed by atoms with Gasteiger partial charge >= 0.3 is 0 Å². The van der Waals surface area contributed by atoms with Gasteiger partial charge in [0.25, 0.3) is 0 Å². The van der Waals surface area contributed by atoms with Gasteiger partial charge in [-0.1, -0.05) is 45.9 Å². The number of hydrogen-bond donors (Lipinski definition) is 0. The zero-order valence-electron chi connectivity index (χ0n) is 14.3. The van der Waals surface area contributed by atoms with Crippen LogP contribution in [0.4, 0.5) is 0 Å². The highest BCUT2D eigenvalue weighted by atomic mass is 16.5. The summed E-state index contributed by atoms with van der Waals surface area (Å²) in [7, 11) is 5.61. The second kappa shape index (κ2) is 10.0. The van der Waals surface area contributed by atoms with E-state index in [1.165, 1.54) is 0 Å². The van der Waals surface area contributed by atoms with Gasteiger partial charge in [-0.2, -0.15) is 0 Å². The molecule has 0 aliphatic carbocycles. The van der Waals surface area contributed by atoms with Crippen LogP contribution < -0.4 is 10.3 Å². The molecule has 3 heteroatoms. The Hall–Kier alpha value is -1.77. The predicted molar refractivity (Wildman–Crippen MR) is 93.0 cm³/mol. The van der Waals surface area contributed by atoms with Crippen LogP contribution in [0.15, 0.2) is 30.5 Å². The summed E-state index contributed by atoms with van der Waals surface area (Å²) in [4.78, 5) is 4.05. The normalized spacial score (nSPS) is 8.90. The summed E-state index contributed by atoms with van der Waals surface area (Å²) < 4.78 is 5.91. The van der Waals surface area contributed by atoms with Crippen molar-refractivity contribution in [2.24, 2.45) is 0 Å². The quantitative estimate of drug-likeness (QED) is 0.749. The Morgan fingerprint density at radius 3 is 1.90 bits per heavy atom. The summed E-state index contributed by atoms with van der Waals surface area (Å²) in [6.45, 7) is 14.0. The molecule has 0 N–H and O–H groups in total. The fraction of sp³-hybridized carbons (Fsp3) is 0.389. The minimum Gasteiger partial charge on any atom is -0.455 e. The molecule has 0 aliphatic heterocycles. The number of aryl methyl sites for hydroxylation is 3. The van der Waals surface area contributed by atoms with E-state index in [2.05, 4.69) is 4.98 Å². The van der Waals surface area contributed by atoms with E-state index in [0.29, 0.717) is 5.59 Å². The second-order valence-electron chi connectivity index (χ2n) is 4.20. The van der Waals surface area contributed by atoms with Crippen LogP contribution in [0.2, 0.25) is 0 Å².